The molecule has 2 aliphatic rings. The molecule has 3 rings (SSSR count). The molecule has 7 nitrogen and oxygen atoms in total. The Labute approximate surface area is 123 Å². The van der Waals surface area contributed by atoms with E-state index in [1.807, 2.05) is 6.92 Å². The predicted octanol–water partition coefficient (Wildman–Crippen LogP) is 0.0758. The first-order valence-electron chi connectivity index (χ1n) is 7.21. The van der Waals surface area contributed by atoms with Crippen molar-refractivity contribution in [3.05, 3.63) is 17.5 Å². The molecule has 2 atom stereocenters. The van der Waals surface area contributed by atoms with Crippen LogP contribution in [0.15, 0.2) is 10.6 Å². The van der Waals surface area contributed by atoms with Crippen molar-refractivity contribution in [2.45, 2.75) is 25.5 Å². The Balaban J connectivity index is 1.48. The van der Waals surface area contributed by atoms with E-state index < -0.39 is 0 Å². The molecule has 1 amide bonds. The Bertz CT molecular complexity index is 518. The summed E-state index contributed by atoms with van der Waals surface area (Å²) in [4.78, 5) is 14.0. The minimum atomic E-state index is -0.296. The van der Waals surface area contributed by atoms with Crippen molar-refractivity contribution in [1.82, 2.24) is 10.1 Å². The van der Waals surface area contributed by atoms with Gasteiger partial charge in [-0.1, -0.05) is 5.16 Å². The van der Waals surface area contributed by atoms with Crippen LogP contribution in [0.5, 0.6) is 0 Å². The summed E-state index contributed by atoms with van der Waals surface area (Å²) in [5, 5.41) is 3.77. The first kappa shape index (κ1) is 14.5. The lowest BCUT2D eigenvalue weighted by atomic mass is 9.84. The summed E-state index contributed by atoms with van der Waals surface area (Å²) in [5.74, 6) is 0.816. The number of rotatable bonds is 4. The number of aromatic nitrogens is 1. The summed E-state index contributed by atoms with van der Waals surface area (Å²) >= 11 is 0. The topological polar surface area (TPSA) is 90.8 Å². The molecular weight excluding hydrogens is 274 g/mol. The molecule has 2 N–H and O–H groups in total. The van der Waals surface area contributed by atoms with Gasteiger partial charge >= 0.3 is 0 Å². The first-order chi connectivity index (χ1) is 10.1. The predicted molar refractivity (Wildman–Crippen MR) is 73.3 cm³/mol. The Kier molecular flexibility index (Phi) is 3.97. The number of hydrogen-bond acceptors (Lipinski definition) is 6. The zero-order valence-corrected chi connectivity index (χ0v) is 12.2. The fraction of sp³-hybridized carbons (Fsp3) is 0.714. The van der Waals surface area contributed by atoms with E-state index in [1.165, 1.54) is 0 Å². The molecule has 21 heavy (non-hydrogen) atoms. The minimum Gasteiger partial charge on any atom is -0.381 e. The smallest absolute Gasteiger partial charge is 0.248 e. The number of likely N-dealkylation sites (tertiary alicyclic amines) is 1. The molecule has 0 radical (unpaired) electrons. The van der Waals surface area contributed by atoms with Crippen LogP contribution in [0.1, 0.15) is 17.9 Å². The van der Waals surface area contributed by atoms with E-state index in [-0.39, 0.29) is 30.6 Å². The van der Waals surface area contributed by atoms with Gasteiger partial charge in [0.25, 0.3) is 0 Å². The number of fused-ring (bicyclic) bond motifs is 1. The van der Waals surface area contributed by atoms with Gasteiger partial charge in [0, 0.05) is 37.2 Å². The third-order valence-electron chi connectivity index (χ3n) is 4.27. The van der Waals surface area contributed by atoms with Crippen molar-refractivity contribution in [2.75, 3.05) is 32.9 Å². The average molecular weight is 295 g/mol. The molecule has 0 unspecified atom stereocenters. The van der Waals surface area contributed by atoms with Crippen molar-refractivity contribution in [3.63, 3.8) is 0 Å². The summed E-state index contributed by atoms with van der Waals surface area (Å²) < 4.78 is 15.9. The lowest BCUT2D eigenvalue weighted by Gasteiger charge is -2.34. The van der Waals surface area contributed by atoms with E-state index in [0.717, 1.165) is 12.1 Å². The largest absolute Gasteiger partial charge is 0.381 e. The molecule has 2 aliphatic heterocycles. The van der Waals surface area contributed by atoms with Gasteiger partial charge in [-0.3, -0.25) is 4.79 Å². The molecule has 0 spiro atoms. The number of ether oxygens (including phenoxy) is 2. The van der Waals surface area contributed by atoms with Crippen LogP contribution in [0.25, 0.3) is 0 Å². The SMILES string of the molecule is Cc1cc(COCC(=O)N2C[C@@H]3COCC[C@]3(N)C2)on1. The van der Waals surface area contributed by atoms with Gasteiger partial charge in [-0.25, -0.2) is 0 Å². The maximum Gasteiger partial charge on any atom is 0.248 e. The fourth-order valence-electron chi connectivity index (χ4n) is 2.99. The van der Waals surface area contributed by atoms with Gasteiger partial charge in [0.2, 0.25) is 5.91 Å². The second kappa shape index (κ2) is 5.75. The molecule has 7 heteroatoms. The van der Waals surface area contributed by atoms with Crippen LogP contribution in [0.4, 0.5) is 0 Å². The molecule has 0 saturated carbocycles. The number of amides is 1. The molecular formula is C14H21N3O4. The van der Waals surface area contributed by atoms with Crippen LogP contribution in [0, 0.1) is 12.8 Å². The molecule has 1 aromatic rings. The zero-order valence-electron chi connectivity index (χ0n) is 12.2. The Morgan fingerprint density at radius 1 is 1.67 bits per heavy atom. The summed E-state index contributed by atoms with van der Waals surface area (Å²) in [5.41, 5.74) is 6.88. The van der Waals surface area contributed by atoms with Crippen LogP contribution >= 0.6 is 0 Å². The van der Waals surface area contributed by atoms with E-state index in [4.69, 9.17) is 19.7 Å². The molecule has 3 heterocycles. The van der Waals surface area contributed by atoms with Crippen LogP contribution in [-0.2, 0) is 20.9 Å². The molecule has 1 aromatic heterocycles. The van der Waals surface area contributed by atoms with Crippen LogP contribution in [0.3, 0.4) is 0 Å². The Morgan fingerprint density at radius 3 is 3.24 bits per heavy atom. The average Bonchev–Trinajstić information content (AvgIpc) is 3.01. The standard InChI is InChI=1S/C14H21N3O4/c1-10-4-12(21-16-10)7-20-8-13(18)17-5-11-6-19-3-2-14(11,15)9-17/h4,11H,2-3,5-9,15H2,1H3/t11-,14+/m1/s1. The monoisotopic (exact) mass is 295 g/mol. The van der Waals surface area contributed by atoms with Crippen molar-refractivity contribution in [3.8, 4) is 0 Å². The van der Waals surface area contributed by atoms with Gasteiger partial charge in [-0.05, 0) is 13.3 Å². The van der Waals surface area contributed by atoms with Crippen molar-refractivity contribution in [1.29, 1.82) is 0 Å². The highest BCUT2D eigenvalue weighted by atomic mass is 16.5. The minimum absolute atomic E-state index is 0.0312. The van der Waals surface area contributed by atoms with Gasteiger partial charge in [-0.15, -0.1) is 0 Å². The Morgan fingerprint density at radius 2 is 2.52 bits per heavy atom. The highest BCUT2D eigenvalue weighted by Gasteiger charge is 2.46. The fourth-order valence-corrected chi connectivity index (χ4v) is 2.99. The van der Waals surface area contributed by atoms with Crippen molar-refractivity contribution in [2.24, 2.45) is 11.7 Å². The zero-order chi connectivity index (χ0) is 14.9. The number of aryl methyl sites for hydroxylation is 1. The van der Waals surface area contributed by atoms with Crippen LogP contribution < -0.4 is 5.73 Å². The molecule has 0 aromatic carbocycles. The summed E-state index contributed by atoms with van der Waals surface area (Å²) in [7, 11) is 0. The van der Waals surface area contributed by atoms with E-state index in [1.54, 1.807) is 11.0 Å². The van der Waals surface area contributed by atoms with E-state index in [2.05, 4.69) is 5.16 Å². The maximum absolute atomic E-state index is 12.2. The molecule has 0 bridgehead atoms. The second-order valence-electron chi connectivity index (χ2n) is 5.96. The van der Waals surface area contributed by atoms with E-state index >= 15 is 0 Å². The first-order valence-corrected chi connectivity index (χ1v) is 7.21. The lowest BCUT2D eigenvalue weighted by molar-refractivity contribution is -0.136. The number of carbonyl (C=O) groups is 1. The van der Waals surface area contributed by atoms with Crippen LogP contribution in [0.2, 0.25) is 0 Å². The van der Waals surface area contributed by atoms with Gasteiger partial charge in [-0.2, -0.15) is 0 Å². The highest BCUT2D eigenvalue weighted by Crippen LogP contribution is 2.32. The molecule has 2 fully saturated rings. The third-order valence-corrected chi connectivity index (χ3v) is 4.27. The van der Waals surface area contributed by atoms with Gasteiger partial charge in [0.1, 0.15) is 13.2 Å². The molecule has 2 saturated heterocycles. The normalized spacial score (nSPS) is 28.7. The highest BCUT2D eigenvalue weighted by molar-refractivity contribution is 5.78. The van der Waals surface area contributed by atoms with E-state index in [0.29, 0.717) is 32.1 Å². The maximum atomic E-state index is 12.2. The lowest BCUT2D eigenvalue weighted by Crippen LogP contribution is -2.52. The molecule has 0 aliphatic carbocycles. The second-order valence-corrected chi connectivity index (χ2v) is 5.96. The van der Waals surface area contributed by atoms with Gasteiger partial charge in [0.05, 0.1) is 12.3 Å². The van der Waals surface area contributed by atoms with E-state index in [9.17, 15) is 4.79 Å². The van der Waals surface area contributed by atoms with Gasteiger partial charge < -0.3 is 24.6 Å². The quantitative estimate of drug-likeness (QED) is 0.845. The van der Waals surface area contributed by atoms with Crippen molar-refractivity contribution >= 4 is 5.91 Å². The van der Waals surface area contributed by atoms with Crippen LogP contribution in [-0.4, -0.2) is 54.4 Å². The number of nitrogens with zero attached hydrogens (tertiary/aromatic N) is 2. The Hall–Kier alpha value is -1.44. The van der Waals surface area contributed by atoms with Crippen molar-refractivity contribution < 1.29 is 18.8 Å². The number of carbonyl (C=O) groups excluding carboxylic acids is 1. The summed E-state index contributed by atoms with van der Waals surface area (Å²) in [6.45, 7) is 4.68. The summed E-state index contributed by atoms with van der Waals surface area (Å²) in [6, 6.07) is 1.79. The number of nitrogens with two attached hydrogens (primary N) is 1. The van der Waals surface area contributed by atoms with Gasteiger partial charge in [0.15, 0.2) is 5.76 Å². The summed E-state index contributed by atoms with van der Waals surface area (Å²) in [6.07, 6.45) is 0.805. The number of hydrogen-bond donors (Lipinski definition) is 1. The third kappa shape index (κ3) is 3.09. The molecule has 116 valence electrons.